The third-order valence-corrected chi connectivity index (χ3v) is 4.95. The third kappa shape index (κ3) is 4.71. The van der Waals surface area contributed by atoms with Crippen LogP contribution in [-0.4, -0.2) is 36.5 Å². The number of anilines is 1. The highest BCUT2D eigenvalue weighted by Gasteiger charge is 2.27. The van der Waals surface area contributed by atoms with Crippen LogP contribution < -0.4 is 5.32 Å². The SMILES string of the molecule is CCOC(=O)c1c(NC(=O)Cc2ccc([N+](=O)[O-])cc2)sc(C(=O)OC)c1C. The minimum absolute atomic E-state index is 0.0647. The molecule has 28 heavy (non-hydrogen) atoms. The van der Waals surface area contributed by atoms with Gasteiger partial charge in [-0.3, -0.25) is 14.9 Å². The van der Waals surface area contributed by atoms with Crippen LogP contribution in [0.1, 0.15) is 38.1 Å². The van der Waals surface area contributed by atoms with E-state index in [4.69, 9.17) is 9.47 Å². The highest BCUT2D eigenvalue weighted by molar-refractivity contribution is 7.18. The maximum absolute atomic E-state index is 12.4. The third-order valence-electron chi connectivity index (χ3n) is 3.76. The molecule has 0 radical (unpaired) electrons. The van der Waals surface area contributed by atoms with Crippen LogP contribution in [0.4, 0.5) is 10.7 Å². The highest BCUT2D eigenvalue weighted by atomic mass is 32.1. The Morgan fingerprint density at radius 2 is 1.82 bits per heavy atom. The first-order valence-corrected chi connectivity index (χ1v) is 9.02. The van der Waals surface area contributed by atoms with E-state index < -0.39 is 22.8 Å². The van der Waals surface area contributed by atoms with Crippen LogP contribution in [-0.2, 0) is 20.7 Å². The van der Waals surface area contributed by atoms with Crippen LogP contribution in [0.5, 0.6) is 0 Å². The number of hydrogen-bond donors (Lipinski definition) is 1. The van der Waals surface area contributed by atoms with Gasteiger partial charge >= 0.3 is 11.9 Å². The van der Waals surface area contributed by atoms with Crippen molar-refractivity contribution < 1.29 is 28.8 Å². The van der Waals surface area contributed by atoms with Crippen LogP contribution >= 0.6 is 11.3 Å². The van der Waals surface area contributed by atoms with Crippen molar-refractivity contribution in [2.24, 2.45) is 0 Å². The number of nitrogens with zero attached hydrogens (tertiary/aromatic N) is 1. The molecule has 0 aliphatic rings. The van der Waals surface area contributed by atoms with Crippen molar-refractivity contribution in [3.8, 4) is 0 Å². The predicted molar refractivity (Wildman–Crippen MR) is 102 cm³/mol. The number of methoxy groups -OCH3 is 1. The summed E-state index contributed by atoms with van der Waals surface area (Å²) in [5.74, 6) is -1.72. The number of benzene rings is 1. The molecule has 1 amide bonds. The number of nitro groups is 1. The van der Waals surface area contributed by atoms with Gasteiger partial charge in [-0.15, -0.1) is 11.3 Å². The largest absolute Gasteiger partial charge is 0.465 e. The molecule has 0 bridgehead atoms. The second-order valence-corrected chi connectivity index (χ2v) is 6.64. The summed E-state index contributed by atoms with van der Waals surface area (Å²) in [5.41, 5.74) is 0.942. The number of carbonyl (C=O) groups excluding carboxylic acids is 3. The summed E-state index contributed by atoms with van der Waals surface area (Å²) in [6.45, 7) is 3.35. The van der Waals surface area contributed by atoms with Crippen molar-refractivity contribution in [3.05, 3.63) is 55.9 Å². The lowest BCUT2D eigenvalue weighted by atomic mass is 10.1. The van der Waals surface area contributed by atoms with E-state index in [0.29, 0.717) is 11.1 Å². The lowest BCUT2D eigenvalue weighted by molar-refractivity contribution is -0.384. The Kier molecular flexibility index (Phi) is 6.83. The zero-order valence-corrected chi connectivity index (χ0v) is 16.3. The number of non-ortho nitro benzene ring substituents is 1. The molecule has 0 saturated carbocycles. The van der Waals surface area contributed by atoms with Crippen molar-refractivity contribution in [1.82, 2.24) is 0 Å². The number of nitrogens with one attached hydrogen (secondary N) is 1. The summed E-state index contributed by atoms with van der Waals surface area (Å²) in [5, 5.41) is 13.5. The molecular formula is C18H18N2O7S. The van der Waals surface area contributed by atoms with Crippen LogP contribution in [0.25, 0.3) is 0 Å². The highest BCUT2D eigenvalue weighted by Crippen LogP contribution is 2.34. The quantitative estimate of drug-likeness (QED) is 0.425. The fraction of sp³-hybridized carbons (Fsp3) is 0.278. The van der Waals surface area contributed by atoms with Gasteiger partial charge in [0.1, 0.15) is 9.88 Å². The Morgan fingerprint density at radius 3 is 2.36 bits per heavy atom. The first kappa shape index (κ1) is 21.0. The van der Waals surface area contributed by atoms with E-state index in [9.17, 15) is 24.5 Å². The van der Waals surface area contributed by atoms with Gasteiger partial charge in [-0.1, -0.05) is 12.1 Å². The number of carbonyl (C=O) groups is 3. The average Bonchev–Trinajstić information content (AvgIpc) is 2.97. The lowest BCUT2D eigenvalue weighted by Gasteiger charge is -2.07. The second-order valence-electron chi connectivity index (χ2n) is 5.62. The molecule has 0 fully saturated rings. The van der Waals surface area contributed by atoms with E-state index in [1.165, 1.54) is 31.4 Å². The number of ether oxygens (including phenoxy) is 2. The van der Waals surface area contributed by atoms with Crippen molar-refractivity contribution in [2.45, 2.75) is 20.3 Å². The number of nitro benzene ring substituents is 1. The van der Waals surface area contributed by atoms with Crippen LogP contribution in [0.2, 0.25) is 0 Å². The molecule has 1 heterocycles. The topological polar surface area (TPSA) is 125 Å². The smallest absolute Gasteiger partial charge is 0.348 e. The summed E-state index contributed by atoms with van der Waals surface area (Å²) in [6, 6.07) is 5.56. The Labute approximate surface area is 164 Å². The van der Waals surface area contributed by atoms with E-state index in [1.807, 2.05) is 0 Å². The predicted octanol–water partition coefficient (Wildman–Crippen LogP) is 3.11. The molecule has 0 unspecified atom stereocenters. The Hall–Kier alpha value is -3.27. The van der Waals surface area contributed by atoms with E-state index in [-0.39, 0.29) is 34.2 Å². The van der Waals surface area contributed by atoms with Crippen LogP contribution in [0.3, 0.4) is 0 Å². The maximum atomic E-state index is 12.4. The van der Waals surface area contributed by atoms with E-state index in [0.717, 1.165) is 11.3 Å². The van der Waals surface area contributed by atoms with E-state index >= 15 is 0 Å². The summed E-state index contributed by atoms with van der Waals surface area (Å²) < 4.78 is 9.72. The Morgan fingerprint density at radius 1 is 1.18 bits per heavy atom. The minimum Gasteiger partial charge on any atom is -0.465 e. The fourth-order valence-corrected chi connectivity index (χ4v) is 3.56. The Bertz CT molecular complexity index is 919. The van der Waals surface area contributed by atoms with Gasteiger partial charge in [0, 0.05) is 12.1 Å². The summed E-state index contributed by atoms with van der Waals surface area (Å²) >= 11 is 0.922. The van der Waals surface area contributed by atoms with Crippen molar-refractivity contribution in [2.75, 3.05) is 19.0 Å². The Balaban J connectivity index is 2.25. The number of hydrogen-bond acceptors (Lipinski definition) is 8. The first-order chi connectivity index (χ1) is 13.3. The average molecular weight is 406 g/mol. The van der Waals surface area contributed by atoms with Gasteiger partial charge in [0.05, 0.1) is 30.6 Å². The molecule has 0 aliphatic carbocycles. The molecular weight excluding hydrogens is 388 g/mol. The second kappa shape index (κ2) is 9.09. The molecule has 1 aromatic heterocycles. The van der Waals surface area contributed by atoms with E-state index in [1.54, 1.807) is 13.8 Å². The zero-order valence-electron chi connectivity index (χ0n) is 15.4. The van der Waals surface area contributed by atoms with Crippen molar-refractivity contribution in [3.63, 3.8) is 0 Å². The molecule has 2 aromatic rings. The van der Waals surface area contributed by atoms with Gasteiger partial charge in [-0.05, 0) is 25.0 Å². The van der Waals surface area contributed by atoms with Gasteiger partial charge < -0.3 is 14.8 Å². The van der Waals surface area contributed by atoms with Crippen LogP contribution in [0.15, 0.2) is 24.3 Å². The molecule has 1 N–H and O–H groups in total. The van der Waals surface area contributed by atoms with Crippen LogP contribution in [0, 0.1) is 17.0 Å². The lowest BCUT2D eigenvalue weighted by Crippen LogP contribution is -2.16. The van der Waals surface area contributed by atoms with E-state index in [2.05, 4.69) is 5.32 Å². The molecule has 9 nitrogen and oxygen atoms in total. The molecule has 0 spiro atoms. The fourth-order valence-electron chi connectivity index (χ4n) is 2.43. The number of thiophene rings is 1. The first-order valence-electron chi connectivity index (χ1n) is 8.20. The van der Waals surface area contributed by atoms with Gasteiger partial charge in [-0.25, -0.2) is 9.59 Å². The molecule has 2 rings (SSSR count). The van der Waals surface area contributed by atoms with Gasteiger partial charge in [0.25, 0.3) is 5.69 Å². The van der Waals surface area contributed by atoms with Crippen molar-refractivity contribution >= 4 is 39.9 Å². The number of rotatable bonds is 7. The number of esters is 2. The zero-order chi connectivity index (χ0) is 20.8. The van der Waals surface area contributed by atoms with Gasteiger partial charge in [-0.2, -0.15) is 0 Å². The number of amides is 1. The molecule has 1 aromatic carbocycles. The van der Waals surface area contributed by atoms with Gasteiger partial charge in [0.2, 0.25) is 5.91 Å². The monoisotopic (exact) mass is 406 g/mol. The molecule has 0 aliphatic heterocycles. The summed E-state index contributed by atoms with van der Waals surface area (Å²) in [6.07, 6.45) is -0.0647. The standard InChI is InChI=1S/C18H18N2O7S/c1-4-27-17(22)14-10(2)15(18(23)26-3)28-16(14)19-13(21)9-11-5-7-12(8-6-11)20(24)25/h5-8H,4,9H2,1-3H3,(H,19,21). The molecule has 10 heteroatoms. The molecule has 0 saturated heterocycles. The summed E-state index contributed by atoms with van der Waals surface area (Å²) in [4.78, 5) is 46.9. The maximum Gasteiger partial charge on any atom is 0.348 e. The normalized spacial score (nSPS) is 10.2. The molecule has 148 valence electrons. The summed E-state index contributed by atoms with van der Waals surface area (Å²) in [7, 11) is 1.22. The van der Waals surface area contributed by atoms with Gasteiger partial charge in [0.15, 0.2) is 0 Å². The van der Waals surface area contributed by atoms with Crippen molar-refractivity contribution in [1.29, 1.82) is 0 Å². The minimum atomic E-state index is -0.656. The molecule has 0 atom stereocenters.